The minimum atomic E-state index is -0.457. The second-order valence-corrected chi connectivity index (χ2v) is 6.93. The molecule has 0 unspecified atom stereocenters. The van der Waals surface area contributed by atoms with Crippen LogP contribution in [0.3, 0.4) is 0 Å². The lowest BCUT2D eigenvalue weighted by Gasteiger charge is -2.51. The highest BCUT2D eigenvalue weighted by atomic mass is 19.1. The van der Waals surface area contributed by atoms with Crippen LogP contribution >= 0.6 is 0 Å². The molecule has 0 N–H and O–H groups in total. The van der Waals surface area contributed by atoms with Gasteiger partial charge in [0, 0.05) is 45.0 Å². The first-order valence-electron chi connectivity index (χ1n) is 8.57. The molecule has 0 aliphatic carbocycles. The molecule has 6 heteroatoms. The van der Waals surface area contributed by atoms with E-state index in [2.05, 4.69) is 14.8 Å². The van der Waals surface area contributed by atoms with E-state index in [1.807, 2.05) is 4.90 Å². The molecule has 4 fully saturated rings. The molecular formula is C17H23FN4O. The molecule has 4 aliphatic heterocycles. The van der Waals surface area contributed by atoms with Crippen LogP contribution in [-0.2, 0) is 0 Å². The number of carbonyl (C=O) groups excluding carboxylic acids is 1. The van der Waals surface area contributed by atoms with E-state index in [1.54, 1.807) is 0 Å². The van der Waals surface area contributed by atoms with E-state index < -0.39 is 5.82 Å². The van der Waals surface area contributed by atoms with Gasteiger partial charge in [-0.25, -0.2) is 4.39 Å². The van der Waals surface area contributed by atoms with Crippen LogP contribution in [0.15, 0.2) is 18.5 Å². The predicted octanol–water partition coefficient (Wildman–Crippen LogP) is 1.07. The highest BCUT2D eigenvalue weighted by Gasteiger charge is 2.38. The molecule has 4 aliphatic rings. The Labute approximate surface area is 136 Å². The maximum Gasteiger partial charge on any atom is 0.255 e. The summed E-state index contributed by atoms with van der Waals surface area (Å²) in [5.41, 5.74) is 0.348. The molecule has 0 saturated carbocycles. The van der Waals surface area contributed by atoms with Crippen molar-refractivity contribution in [2.45, 2.75) is 18.9 Å². The van der Waals surface area contributed by atoms with E-state index >= 15 is 0 Å². The van der Waals surface area contributed by atoms with Crippen molar-refractivity contribution in [3.8, 4) is 0 Å². The summed E-state index contributed by atoms with van der Waals surface area (Å²) in [6, 6.07) is 1.93. The number of rotatable bonds is 2. The molecule has 124 valence electrons. The minimum absolute atomic E-state index is 0.106. The zero-order valence-corrected chi connectivity index (χ0v) is 13.3. The summed E-state index contributed by atoms with van der Waals surface area (Å²) < 4.78 is 13.2. The third-order valence-corrected chi connectivity index (χ3v) is 5.64. The Bertz CT molecular complexity index is 580. The Kier molecular flexibility index (Phi) is 4.03. The molecule has 23 heavy (non-hydrogen) atoms. The number of pyridine rings is 1. The zero-order chi connectivity index (χ0) is 15.8. The van der Waals surface area contributed by atoms with Crippen molar-refractivity contribution in [2.24, 2.45) is 5.92 Å². The third-order valence-electron chi connectivity index (χ3n) is 5.64. The fourth-order valence-electron chi connectivity index (χ4n) is 4.32. The summed E-state index contributed by atoms with van der Waals surface area (Å²) in [6.45, 7) is 6.98. The van der Waals surface area contributed by atoms with E-state index in [-0.39, 0.29) is 5.91 Å². The maximum atomic E-state index is 13.2. The predicted molar refractivity (Wildman–Crippen MR) is 84.6 cm³/mol. The summed E-state index contributed by atoms with van der Waals surface area (Å²) in [4.78, 5) is 23.2. The Balaban J connectivity index is 1.36. The van der Waals surface area contributed by atoms with Crippen molar-refractivity contribution >= 4 is 5.91 Å². The molecule has 4 saturated heterocycles. The molecule has 5 rings (SSSR count). The average molecular weight is 318 g/mol. The zero-order valence-electron chi connectivity index (χ0n) is 13.3. The van der Waals surface area contributed by atoms with Crippen LogP contribution in [0.1, 0.15) is 23.2 Å². The first-order chi connectivity index (χ1) is 11.2. The summed E-state index contributed by atoms with van der Waals surface area (Å²) in [5.74, 6) is 0.266. The van der Waals surface area contributed by atoms with Crippen molar-refractivity contribution < 1.29 is 9.18 Å². The fraction of sp³-hybridized carbons (Fsp3) is 0.647. The largest absolute Gasteiger partial charge is 0.336 e. The molecule has 1 amide bonds. The number of carbonyl (C=O) groups is 1. The topological polar surface area (TPSA) is 39.7 Å². The molecular weight excluding hydrogens is 295 g/mol. The van der Waals surface area contributed by atoms with Gasteiger partial charge in [0.2, 0.25) is 0 Å². The van der Waals surface area contributed by atoms with E-state index in [0.717, 1.165) is 38.3 Å². The van der Waals surface area contributed by atoms with Gasteiger partial charge in [-0.2, -0.15) is 0 Å². The average Bonchev–Trinajstić information content (AvgIpc) is 2.62. The number of amides is 1. The van der Waals surface area contributed by atoms with Gasteiger partial charge >= 0.3 is 0 Å². The van der Waals surface area contributed by atoms with E-state index in [9.17, 15) is 9.18 Å². The van der Waals surface area contributed by atoms with E-state index in [1.165, 1.54) is 44.7 Å². The molecule has 0 spiro atoms. The maximum absolute atomic E-state index is 13.2. The Morgan fingerprint density at radius 3 is 2.43 bits per heavy atom. The van der Waals surface area contributed by atoms with Crippen molar-refractivity contribution in [2.75, 3.05) is 45.8 Å². The highest BCUT2D eigenvalue weighted by molar-refractivity contribution is 5.94. The van der Waals surface area contributed by atoms with Gasteiger partial charge in [0.15, 0.2) is 0 Å². The molecule has 1 atom stereocenters. The van der Waals surface area contributed by atoms with Gasteiger partial charge in [0.25, 0.3) is 5.91 Å². The van der Waals surface area contributed by atoms with Gasteiger partial charge < -0.3 is 9.80 Å². The molecule has 5 nitrogen and oxygen atoms in total. The molecule has 0 radical (unpaired) electrons. The van der Waals surface area contributed by atoms with Crippen molar-refractivity contribution in [3.63, 3.8) is 0 Å². The number of piperazine rings is 1. The number of hydrogen-bond acceptors (Lipinski definition) is 4. The second kappa shape index (κ2) is 6.17. The Morgan fingerprint density at radius 1 is 1.09 bits per heavy atom. The van der Waals surface area contributed by atoms with Crippen molar-refractivity contribution in [1.29, 1.82) is 0 Å². The molecule has 1 aromatic heterocycles. The lowest BCUT2D eigenvalue weighted by atomic mass is 9.83. The Morgan fingerprint density at radius 2 is 1.83 bits per heavy atom. The number of aromatic nitrogens is 1. The molecule has 5 heterocycles. The van der Waals surface area contributed by atoms with Crippen LogP contribution in [0.2, 0.25) is 0 Å². The van der Waals surface area contributed by atoms with Crippen molar-refractivity contribution in [1.82, 2.24) is 19.7 Å². The van der Waals surface area contributed by atoms with Gasteiger partial charge in [0.05, 0.1) is 11.8 Å². The van der Waals surface area contributed by atoms with Gasteiger partial charge in [-0.1, -0.05) is 0 Å². The van der Waals surface area contributed by atoms with E-state index in [0.29, 0.717) is 11.6 Å². The van der Waals surface area contributed by atoms with Gasteiger partial charge in [-0.3, -0.25) is 14.7 Å². The first kappa shape index (κ1) is 15.0. The normalized spacial score (nSPS) is 31.3. The van der Waals surface area contributed by atoms with Crippen LogP contribution in [-0.4, -0.2) is 77.4 Å². The SMILES string of the molecule is O=C(c1cncc(F)c1)N1CCN([C@H]2CN3CCC2CC3)CC1. The summed E-state index contributed by atoms with van der Waals surface area (Å²) in [6.07, 6.45) is 5.21. The first-order valence-corrected chi connectivity index (χ1v) is 8.57. The summed E-state index contributed by atoms with van der Waals surface area (Å²) >= 11 is 0. The summed E-state index contributed by atoms with van der Waals surface area (Å²) in [7, 11) is 0. The van der Waals surface area contributed by atoms with Crippen LogP contribution in [0.25, 0.3) is 0 Å². The van der Waals surface area contributed by atoms with Crippen LogP contribution < -0.4 is 0 Å². The number of nitrogens with zero attached hydrogens (tertiary/aromatic N) is 4. The second-order valence-electron chi connectivity index (χ2n) is 6.93. The smallest absolute Gasteiger partial charge is 0.255 e. The van der Waals surface area contributed by atoms with Gasteiger partial charge in [-0.05, 0) is 37.9 Å². The van der Waals surface area contributed by atoms with E-state index in [4.69, 9.17) is 0 Å². The standard InChI is InChI=1S/C17H23FN4O/c18-15-9-14(10-19-11-15)17(23)22-7-5-21(6-8-22)16-12-20-3-1-13(16)2-4-20/h9-11,13,16H,1-8,12H2/t16-/m0/s1. The highest BCUT2D eigenvalue weighted by Crippen LogP contribution is 2.31. The number of hydrogen-bond donors (Lipinski definition) is 0. The number of fused-ring (bicyclic) bond motifs is 3. The van der Waals surface area contributed by atoms with Crippen LogP contribution in [0.5, 0.6) is 0 Å². The lowest BCUT2D eigenvalue weighted by molar-refractivity contribution is -0.0131. The van der Waals surface area contributed by atoms with Crippen molar-refractivity contribution in [3.05, 3.63) is 29.8 Å². The quantitative estimate of drug-likeness (QED) is 0.818. The monoisotopic (exact) mass is 318 g/mol. The Hall–Kier alpha value is -1.53. The third kappa shape index (κ3) is 2.97. The summed E-state index contributed by atoms with van der Waals surface area (Å²) in [5, 5.41) is 0. The lowest BCUT2D eigenvalue weighted by Crippen LogP contribution is -2.61. The molecule has 1 aromatic rings. The number of piperidine rings is 3. The number of halogens is 1. The minimum Gasteiger partial charge on any atom is -0.336 e. The molecule has 0 aromatic carbocycles. The van der Waals surface area contributed by atoms with Crippen LogP contribution in [0, 0.1) is 11.7 Å². The van der Waals surface area contributed by atoms with Gasteiger partial charge in [-0.15, -0.1) is 0 Å². The van der Waals surface area contributed by atoms with Gasteiger partial charge in [0.1, 0.15) is 5.82 Å². The molecule has 2 bridgehead atoms. The van der Waals surface area contributed by atoms with Crippen LogP contribution in [0.4, 0.5) is 4.39 Å². The fourth-order valence-corrected chi connectivity index (χ4v) is 4.32.